The third-order valence-corrected chi connectivity index (χ3v) is 4.34. The van der Waals surface area contributed by atoms with Gasteiger partial charge in [0.15, 0.2) is 5.69 Å². The highest BCUT2D eigenvalue weighted by atomic mass is 32.1. The molecule has 2 N–H and O–H groups in total. The number of aromatic nitrogens is 1. The lowest BCUT2D eigenvalue weighted by molar-refractivity contribution is 0.114. The van der Waals surface area contributed by atoms with Crippen molar-refractivity contribution in [3.05, 3.63) is 24.3 Å². The number of ether oxygens (including phenoxy) is 1. The van der Waals surface area contributed by atoms with E-state index in [0.717, 1.165) is 43.3 Å². The summed E-state index contributed by atoms with van der Waals surface area (Å²) in [6.45, 7) is 4.25. The number of thiocarbonyl (C=S) groups is 1. The molecule has 1 aliphatic heterocycles. The highest BCUT2D eigenvalue weighted by Gasteiger charge is 2.17. The van der Waals surface area contributed by atoms with E-state index in [1.54, 1.807) is 0 Å². The van der Waals surface area contributed by atoms with Crippen molar-refractivity contribution in [1.29, 1.82) is 0 Å². The molecule has 7 heteroatoms. The van der Waals surface area contributed by atoms with Crippen LogP contribution in [0.3, 0.4) is 0 Å². The van der Waals surface area contributed by atoms with Crippen LogP contribution < -0.4 is 5.32 Å². The number of azo groups is 1. The second-order valence-electron chi connectivity index (χ2n) is 5.86. The number of aryl methyl sites for hydroxylation is 1. The lowest BCUT2D eigenvalue weighted by atomic mass is 10.2. The minimum absolute atomic E-state index is 0.128. The summed E-state index contributed by atoms with van der Waals surface area (Å²) >= 11 is 5.20. The first kappa shape index (κ1) is 16.9. The summed E-state index contributed by atoms with van der Waals surface area (Å²) in [4.78, 5) is 0. The molecule has 1 atom stereocenters. The molecule has 0 saturated carbocycles. The molecule has 0 aliphatic carbocycles. The molecule has 0 amide bonds. The Balaban J connectivity index is 1.76. The highest BCUT2D eigenvalue weighted by molar-refractivity contribution is 7.80. The van der Waals surface area contributed by atoms with Crippen molar-refractivity contribution in [1.82, 2.24) is 9.88 Å². The number of nitrogens with zero attached hydrogens (tertiary/aromatic N) is 3. The summed E-state index contributed by atoms with van der Waals surface area (Å²) in [5.41, 5.74) is 1.41. The van der Waals surface area contributed by atoms with Gasteiger partial charge in [-0.15, -0.1) is 10.2 Å². The molecular weight excluding hydrogens is 324 g/mol. The van der Waals surface area contributed by atoms with Gasteiger partial charge in [-0.2, -0.15) is 0 Å². The summed E-state index contributed by atoms with van der Waals surface area (Å²) in [5.74, 6) is 0.128. The highest BCUT2D eigenvalue weighted by Crippen LogP contribution is 2.38. The van der Waals surface area contributed by atoms with Gasteiger partial charge >= 0.3 is 0 Å². The van der Waals surface area contributed by atoms with E-state index in [4.69, 9.17) is 17.0 Å². The quantitative estimate of drug-likeness (QED) is 0.636. The van der Waals surface area contributed by atoms with E-state index in [2.05, 4.69) is 22.5 Å². The van der Waals surface area contributed by atoms with E-state index in [1.165, 1.54) is 0 Å². The number of hydrogen-bond acceptors (Lipinski definition) is 4. The van der Waals surface area contributed by atoms with Gasteiger partial charge in [0.2, 0.25) is 11.0 Å². The Morgan fingerprint density at radius 2 is 2.29 bits per heavy atom. The van der Waals surface area contributed by atoms with E-state index < -0.39 is 0 Å². The maximum absolute atomic E-state index is 10.5. The number of para-hydroxylation sites is 1. The number of aromatic hydroxyl groups is 1. The van der Waals surface area contributed by atoms with E-state index in [0.29, 0.717) is 17.3 Å². The fourth-order valence-electron chi connectivity index (χ4n) is 2.96. The van der Waals surface area contributed by atoms with Gasteiger partial charge < -0.3 is 19.7 Å². The van der Waals surface area contributed by atoms with E-state index in [1.807, 2.05) is 28.8 Å². The summed E-state index contributed by atoms with van der Waals surface area (Å²) in [5, 5.41) is 23.0. The van der Waals surface area contributed by atoms with E-state index in [-0.39, 0.29) is 12.0 Å². The SMILES string of the molecule is CCCn1c(O)c(N=NC(=S)NC[C@H]2CCCO2)c2ccccc21. The molecule has 0 unspecified atom stereocenters. The minimum atomic E-state index is 0.128. The average Bonchev–Trinajstić information content (AvgIpc) is 3.20. The molecule has 2 heterocycles. The summed E-state index contributed by atoms with van der Waals surface area (Å²) in [6.07, 6.45) is 3.24. The van der Waals surface area contributed by atoms with Crippen molar-refractivity contribution in [2.24, 2.45) is 10.2 Å². The van der Waals surface area contributed by atoms with Crippen molar-refractivity contribution in [2.75, 3.05) is 13.2 Å². The Morgan fingerprint density at radius 3 is 3.04 bits per heavy atom. The lowest BCUT2D eigenvalue weighted by Crippen LogP contribution is -2.29. The molecule has 1 fully saturated rings. The summed E-state index contributed by atoms with van der Waals surface area (Å²) in [7, 11) is 0. The zero-order chi connectivity index (χ0) is 16.9. The predicted octanol–water partition coefficient (Wildman–Crippen LogP) is 3.89. The monoisotopic (exact) mass is 346 g/mol. The topological polar surface area (TPSA) is 71.1 Å². The van der Waals surface area contributed by atoms with Crippen molar-refractivity contribution < 1.29 is 9.84 Å². The van der Waals surface area contributed by atoms with Gasteiger partial charge in [-0.1, -0.05) is 25.1 Å². The molecule has 1 aromatic heterocycles. The van der Waals surface area contributed by atoms with Crippen LogP contribution in [0.1, 0.15) is 26.2 Å². The van der Waals surface area contributed by atoms with E-state index in [9.17, 15) is 5.11 Å². The average molecular weight is 346 g/mol. The first-order valence-corrected chi connectivity index (χ1v) is 8.73. The molecule has 0 spiro atoms. The lowest BCUT2D eigenvalue weighted by Gasteiger charge is -2.09. The third-order valence-electron chi connectivity index (χ3n) is 4.11. The maximum atomic E-state index is 10.5. The van der Waals surface area contributed by atoms with Crippen LogP contribution in [0.25, 0.3) is 10.9 Å². The number of nitrogens with one attached hydrogen (secondary N) is 1. The van der Waals surface area contributed by atoms with Crippen LogP contribution in [0.4, 0.5) is 5.69 Å². The van der Waals surface area contributed by atoms with Gasteiger partial charge in [0.05, 0.1) is 11.6 Å². The normalized spacial score (nSPS) is 17.8. The summed E-state index contributed by atoms with van der Waals surface area (Å²) < 4.78 is 7.39. The first-order chi connectivity index (χ1) is 11.7. The Labute approximate surface area is 146 Å². The molecule has 6 nitrogen and oxygen atoms in total. The van der Waals surface area contributed by atoms with Gasteiger partial charge in [-0.3, -0.25) is 0 Å². The van der Waals surface area contributed by atoms with Gasteiger partial charge in [0, 0.05) is 25.1 Å². The largest absolute Gasteiger partial charge is 0.493 e. The van der Waals surface area contributed by atoms with Crippen molar-refractivity contribution in [3.63, 3.8) is 0 Å². The van der Waals surface area contributed by atoms with Crippen molar-refractivity contribution in [2.45, 2.75) is 38.8 Å². The Hall–Kier alpha value is -1.99. The smallest absolute Gasteiger partial charge is 0.220 e. The Morgan fingerprint density at radius 1 is 1.46 bits per heavy atom. The minimum Gasteiger partial charge on any atom is -0.493 e. The van der Waals surface area contributed by atoms with Crippen molar-refractivity contribution >= 4 is 33.9 Å². The summed E-state index contributed by atoms with van der Waals surface area (Å²) in [6, 6.07) is 7.77. The van der Waals surface area contributed by atoms with Gasteiger partial charge in [-0.25, -0.2) is 0 Å². The van der Waals surface area contributed by atoms with Crippen LogP contribution in [-0.2, 0) is 11.3 Å². The van der Waals surface area contributed by atoms with Crippen LogP contribution in [0, 0.1) is 0 Å². The molecule has 1 aliphatic rings. The zero-order valence-corrected chi connectivity index (χ0v) is 14.6. The molecule has 24 heavy (non-hydrogen) atoms. The number of hydrogen-bond donors (Lipinski definition) is 2. The molecule has 1 aromatic carbocycles. The molecule has 3 rings (SSSR count). The van der Waals surface area contributed by atoms with Crippen LogP contribution in [0.2, 0.25) is 0 Å². The Kier molecular flexibility index (Phi) is 5.42. The number of rotatable bonds is 5. The molecule has 0 radical (unpaired) electrons. The first-order valence-electron chi connectivity index (χ1n) is 8.32. The molecule has 128 valence electrons. The number of benzene rings is 1. The zero-order valence-electron chi connectivity index (χ0n) is 13.7. The van der Waals surface area contributed by atoms with Crippen LogP contribution >= 0.6 is 12.2 Å². The van der Waals surface area contributed by atoms with Crippen molar-refractivity contribution in [3.8, 4) is 5.88 Å². The molecular formula is C17H22N4O2S. The second-order valence-corrected chi connectivity index (χ2v) is 6.25. The van der Waals surface area contributed by atoms with Gasteiger partial charge in [0.25, 0.3) is 0 Å². The van der Waals surface area contributed by atoms with Crippen LogP contribution in [0.5, 0.6) is 5.88 Å². The second kappa shape index (κ2) is 7.72. The maximum Gasteiger partial charge on any atom is 0.220 e. The third kappa shape index (κ3) is 3.57. The Bertz CT molecular complexity index is 750. The predicted molar refractivity (Wildman–Crippen MR) is 98.0 cm³/mol. The standard InChI is InChI=1S/C17H22N4O2S/c1-2-9-21-14-8-4-3-7-13(14)15(16(21)22)19-20-17(24)18-11-12-6-5-10-23-12/h3-4,7-8,12,22H,2,5-6,9-11H2,1H3,(H,18,24)/t12-/m1/s1. The van der Waals surface area contributed by atoms with Gasteiger partial charge in [-0.05, 0) is 37.5 Å². The number of fused-ring (bicyclic) bond motifs is 1. The molecule has 1 saturated heterocycles. The van der Waals surface area contributed by atoms with E-state index >= 15 is 0 Å². The fourth-order valence-corrected chi connectivity index (χ4v) is 3.08. The van der Waals surface area contributed by atoms with Crippen LogP contribution in [-0.4, -0.2) is 34.0 Å². The van der Waals surface area contributed by atoms with Crippen LogP contribution in [0.15, 0.2) is 34.5 Å². The van der Waals surface area contributed by atoms with Gasteiger partial charge in [0.1, 0.15) is 0 Å². The molecule has 2 aromatic rings. The fraction of sp³-hybridized carbons (Fsp3) is 0.471. The molecule has 0 bridgehead atoms.